The van der Waals surface area contributed by atoms with E-state index in [0.29, 0.717) is 19.6 Å². The second-order valence-corrected chi connectivity index (χ2v) is 6.57. The summed E-state index contributed by atoms with van der Waals surface area (Å²) >= 11 is 0. The van der Waals surface area contributed by atoms with E-state index >= 15 is 0 Å². The van der Waals surface area contributed by atoms with Crippen molar-refractivity contribution in [2.75, 3.05) is 39.8 Å². The number of nitrogens with one attached hydrogen (secondary N) is 2. The Hall–Kier alpha value is -0.770. The average molecular weight is 456 g/mol. The largest absolute Gasteiger partial charge is 0.444 e. The molecule has 1 amide bonds. The summed E-state index contributed by atoms with van der Waals surface area (Å²) < 4.78 is 11.0. The van der Waals surface area contributed by atoms with Crippen molar-refractivity contribution >= 4 is 36.0 Å². The molecule has 8 heteroatoms. The molecule has 24 heavy (non-hydrogen) atoms. The van der Waals surface area contributed by atoms with Gasteiger partial charge in [-0.15, -0.1) is 24.0 Å². The monoisotopic (exact) mass is 456 g/mol. The van der Waals surface area contributed by atoms with Crippen LogP contribution in [0.15, 0.2) is 4.99 Å². The fourth-order valence-electron chi connectivity index (χ4n) is 2.25. The van der Waals surface area contributed by atoms with Crippen molar-refractivity contribution in [1.29, 1.82) is 0 Å². The SMILES string of the molecule is CCN(CCNC(=NC)NCC1CCCO1)C(=O)OC(C)(C)C.I. The molecule has 1 aliphatic heterocycles. The van der Waals surface area contributed by atoms with Gasteiger partial charge < -0.3 is 25.0 Å². The van der Waals surface area contributed by atoms with Gasteiger partial charge in [-0.25, -0.2) is 4.79 Å². The first-order valence-corrected chi connectivity index (χ1v) is 8.39. The predicted octanol–water partition coefficient (Wildman–Crippen LogP) is 2.21. The third-order valence-electron chi connectivity index (χ3n) is 3.45. The lowest BCUT2D eigenvalue weighted by atomic mass is 10.2. The molecular weight excluding hydrogens is 423 g/mol. The van der Waals surface area contributed by atoms with E-state index in [-0.39, 0.29) is 36.2 Å². The predicted molar refractivity (Wildman–Crippen MR) is 107 cm³/mol. The third-order valence-corrected chi connectivity index (χ3v) is 3.45. The molecule has 0 bridgehead atoms. The molecule has 1 atom stereocenters. The normalized spacial score (nSPS) is 17.9. The Kier molecular flexibility index (Phi) is 11.4. The summed E-state index contributed by atoms with van der Waals surface area (Å²) in [7, 11) is 1.73. The fourth-order valence-corrected chi connectivity index (χ4v) is 2.25. The molecule has 142 valence electrons. The number of amides is 1. The van der Waals surface area contributed by atoms with Gasteiger partial charge in [0.15, 0.2) is 5.96 Å². The van der Waals surface area contributed by atoms with Crippen molar-refractivity contribution in [2.24, 2.45) is 4.99 Å². The highest BCUT2D eigenvalue weighted by molar-refractivity contribution is 14.0. The summed E-state index contributed by atoms with van der Waals surface area (Å²) in [5.74, 6) is 0.723. The highest BCUT2D eigenvalue weighted by Gasteiger charge is 2.21. The summed E-state index contributed by atoms with van der Waals surface area (Å²) in [4.78, 5) is 17.9. The topological polar surface area (TPSA) is 75.2 Å². The Morgan fingerprint density at radius 3 is 2.58 bits per heavy atom. The zero-order chi connectivity index (χ0) is 17.3. The Labute approximate surface area is 162 Å². The Morgan fingerprint density at radius 1 is 1.38 bits per heavy atom. The molecule has 0 radical (unpaired) electrons. The van der Waals surface area contributed by atoms with E-state index in [0.717, 1.165) is 32.0 Å². The highest BCUT2D eigenvalue weighted by atomic mass is 127. The molecule has 7 nitrogen and oxygen atoms in total. The molecule has 0 spiro atoms. The zero-order valence-electron chi connectivity index (χ0n) is 15.6. The lowest BCUT2D eigenvalue weighted by Gasteiger charge is -2.26. The van der Waals surface area contributed by atoms with E-state index < -0.39 is 5.60 Å². The minimum atomic E-state index is -0.475. The molecule has 1 heterocycles. The molecule has 2 N–H and O–H groups in total. The maximum atomic E-state index is 12.0. The van der Waals surface area contributed by atoms with E-state index in [1.54, 1.807) is 11.9 Å². The smallest absolute Gasteiger partial charge is 0.410 e. The molecule has 1 fully saturated rings. The second-order valence-electron chi connectivity index (χ2n) is 6.57. The quantitative estimate of drug-likeness (QED) is 0.364. The molecule has 1 saturated heterocycles. The number of halogens is 1. The number of hydrogen-bond acceptors (Lipinski definition) is 4. The molecule has 1 rings (SSSR count). The van der Waals surface area contributed by atoms with Crippen LogP contribution >= 0.6 is 24.0 Å². The van der Waals surface area contributed by atoms with Crippen LogP contribution < -0.4 is 10.6 Å². The van der Waals surface area contributed by atoms with E-state index in [9.17, 15) is 4.79 Å². The zero-order valence-corrected chi connectivity index (χ0v) is 17.9. The van der Waals surface area contributed by atoms with Crippen molar-refractivity contribution in [3.05, 3.63) is 0 Å². The van der Waals surface area contributed by atoms with Crippen LogP contribution in [0.2, 0.25) is 0 Å². The van der Waals surface area contributed by atoms with E-state index in [1.165, 1.54) is 0 Å². The van der Waals surface area contributed by atoms with Crippen LogP contribution in [0.4, 0.5) is 4.79 Å². The molecule has 1 unspecified atom stereocenters. The van der Waals surface area contributed by atoms with E-state index in [2.05, 4.69) is 15.6 Å². The maximum Gasteiger partial charge on any atom is 0.410 e. The summed E-state index contributed by atoms with van der Waals surface area (Å²) in [6.45, 7) is 10.9. The highest BCUT2D eigenvalue weighted by Crippen LogP contribution is 2.10. The molecule has 0 aromatic heterocycles. The Bertz CT molecular complexity index is 393. The van der Waals surface area contributed by atoms with Gasteiger partial charge >= 0.3 is 6.09 Å². The number of aliphatic imine (C=N–C) groups is 1. The summed E-state index contributed by atoms with van der Waals surface area (Å²) in [6.07, 6.45) is 2.19. The van der Waals surface area contributed by atoms with Crippen molar-refractivity contribution < 1.29 is 14.3 Å². The number of ether oxygens (including phenoxy) is 2. The summed E-state index contributed by atoms with van der Waals surface area (Å²) in [6, 6.07) is 0. The average Bonchev–Trinajstić information content (AvgIpc) is 2.98. The first-order valence-electron chi connectivity index (χ1n) is 8.39. The molecular formula is C16H33IN4O3. The number of hydrogen-bond donors (Lipinski definition) is 2. The van der Waals surface area contributed by atoms with Gasteiger partial charge in [0.05, 0.1) is 6.10 Å². The fraction of sp³-hybridized carbons (Fsp3) is 0.875. The Balaban J connectivity index is 0.00000529. The van der Waals surface area contributed by atoms with Crippen LogP contribution in [0, 0.1) is 0 Å². The number of carbonyl (C=O) groups is 1. The van der Waals surface area contributed by atoms with Crippen LogP contribution in [-0.2, 0) is 9.47 Å². The minimum absolute atomic E-state index is 0. The first-order chi connectivity index (χ1) is 10.9. The van der Waals surface area contributed by atoms with Gasteiger partial charge in [-0.3, -0.25) is 4.99 Å². The van der Waals surface area contributed by atoms with Gasteiger partial charge in [0.25, 0.3) is 0 Å². The van der Waals surface area contributed by atoms with Crippen molar-refractivity contribution in [1.82, 2.24) is 15.5 Å². The second kappa shape index (κ2) is 11.7. The molecule has 0 aromatic rings. The van der Waals surface area contributed by atoms with Crippen LogP contribution in [0.1, 0.15) is 40.5 Å². The summed E-state index contributed by atoms with van der Waals surface area (Å²) in [5, 5.41) is 6.46. The number of guanidine groups is 1. The van der Waals surface area contributed by atoms with Crippen molar-refractivity contribution in [2.45, 2.75) is 52.2 Å². The van der Waals surface area contributed by atoms with Gasteiger partial charge in [0, 0.05) is 39.8 Å². The van der Waals surface area contributed by atoms with Gasteiger partial charge in [-0.05, 0) is 40.5 Å². The lowest BCUT2D eigenvalue weighted by Crippen LogP contribution is -2.45. The van der Waals surface area contributed by atoms with Crippen LogP contribution in [0.25, 0.3) is 0 Å². The van der Waals surface area contributed by atoms with Crippen LogP contribution in [0.3, 0.4) is 0 Å². The van der Waals surface area contributed by atoms with Gasteiger partial charge in [0.2, 0.25) is 0 Å². The van der Waals surface area contributed by atoms with E-state index in [1.807, 2.05) is 27.7 Å². The summed E-state index contributed by atoms with van der Waals surface area (Å²) in [5.41, 5.74) is -0.475. The third kappa shape index (κ3) is 9.51. The number of carbonyl (C=O) groups excluding carboxylic acids is 1. The van der Waals surface area contributed by atoms with E-state index in [4.69, 9.17) is 9.47 Å². The van der Waals surface area contributed by atoms with Crippen LogP contribution in [-0.4, -0.2) is 68.5 Å². The van der Waals surface area contributed by atoms with Crippen LogP contribution in [0.5, 0.6) is 0 Å². The number of likely N-dealkylation sites (N-methyl/N-ethyl adjacent to an activating group) is 1. The first kappa shape index (κ1) is 23.2. The minimum Gasteiger partial charge on any atom is -0.444 e. The van der Waals surface area contributed by atoms with Gasteiger partial charge in [-0.1, -0.05) is 0 Å². The maximum absolute atomic E-state index is 12.0. The molecule has 0 aromatic carbocycles. The molecule has 0 saturated carbocycles. The molecule has 1 aliphatic rings. The van der Waals surface area contributed by atoms with Gasteiger partial charge in [-0.2, -0.15) is 0 Å². The standard InChI is InChI=1S/C16H32N4O3.HI/c1-6-20(15(21)23-16(2,3)4)10-9-18-14(17-5)19-12-13-8-7-11-22-13;/h13H,6-12H2,1-5H3,(H2,17,18,19);1H. The lowest BCUT2D eigenvalue weighted by molar-refractivity contribution is 0.0264. The van der Waals surface area contributed by atoms with Crippen molar-refractivity contribution in [3.8, 4) is 0 Å². The number of rotatable bonds is 6. The number of nitrogens with zero attached hydrogens (tertiary/aromatic N) is 2. The van der Waals surface area contributed by atoms with Crippen molar-refractivity contribution in [3.63, 3.8) is 0 Å². The Morgan fingerprint density at radius 2 is 2.08 bits per heavy atom. The van der Waals surface area contributed by atoms with Gasteiger partial charge in [0.1, 0.15) is 5.60 Å². The molecule has 0 aliphatic carbocycles.